The highest BCUT2D eigenvalue weighted by atomic mass is 16.6. The van der Waals surface area contributed by atoms with Gasteiger partial charge < -0.3 is 14.6 Å². The summed E-state index contributed by atoms with van der Waals surface area (Å²) in [4.78, 5) is 24.4. The van der Waals surface area contributed by atoms with Gasteiger partial charge in [-0.2, -0.15) is 0 Å². The molecule has 5 aliphatic rings. The van der Waals surface area contributed by atoms with E-state index in [4.69, 9.17) is 9.47 Å². The van der Waals surface area contributed by atoms with E-state index >= 15 is 0 Å². The summed E-state index contributed by atoms with van der Waals surface area (Å²) < 4.78 is 11.9. The van der Waals surface area contributed by atoms with Gasteiger partial charge in [0.2, 0.25) is 0 Å². The van der Waals surface area contributed by atoms with Gasteiger partial charge in [-0.1, -0.05) is 0 Å². The number of esters is 1. The third kappa shape index (κ3) is 0.926. The molecule has 2 saturated carbocycles. The number of aliphatic carboxylic acids is 1. The molecule has 3 aliphatic heterocycles. The Morgan fingerprint density at radius 2 is 2.00 bits per heavy atom. The van der Waals surface area contributed by atoms with Crippen molar-refractivity contribution in [3.8, 4) is 0 Å². The lowest BCUT2D eigenvalue weighted by molar-refractivity contribution is -0.155. The Balaban J connectivity index is 1.81. The number of hydrogen-bond acceptors (Lipinski definition) is 4. The van der Waals surface area contributed by atoms with E-state index < -0.39 is 16.8 Å². The Labute approximate surface area is 122 Å². The highest BCUT2D eigenvalue weighted by Gasteiger charge is 2.87. The highest BCUT2D eigenvalue weighted by molar-refractivity contribution is 5.87. The van der Waals surface area contributed by atoms with Gasteiger partial charge in [0.25, 0.3) is 0 Å². The third-order valence-electron chi connectivity index (χ3n) is 7.19. The lowest BCUT2D eigenvalue weighted by Gasteiger charge is -2.48. The fraction of sp³-hybridized carbons (Fsp3) is 0.750. The number of carboxylic acid groups (broad SMARTS) is 1. The van der Waals surface area contributed by atoms with Crippen LogP contribution >= 0.6 is 0 Å². The molecule has 1 N–H and O–H groups in total. The van der Waals surface area contributed by atoms with Gasteiger partial charge in [-0.15, -0.1) is 0 Å². The summed E-state index contributed by atoms with van der Waals surface area (Å²) in [5, 5.41) is 9.51. The number of carbonyl (C=O) groups is 2. The molecule has 2 saturated heterocycles. The van der Waals surface area contributed by atoms with Crippen molar-refractivity contribution in [3.63, 3.8) is 0 Å². The van der Waals surface area contributed by atoms with E-state index in [-0.39, 0.29) is 42.5 Å². The minimum Gasteiger partial charge on any atom is -0.481 e. The second-order valence-electron chi connectivity index (χ2n) is 7.46. The van der Waals surface area contributed by atoms with Crippen LogP contribution in [0.1, 0.15) is 33.1 Å². The molecule has 0 aromatic carbocycles. The van der Waals surface area contributed by atoms with Crippen LogP contribution in [0.5, 0.6) is 0 Å². The van der Waals surface area contributed by atoms with E-state index in [1.807, 2.05) is 13.8 Å². The smallest absolute Gasteiger partial charge is 0.316 e. The maximum Gasteiger partial charge on any atom is 0.316 e. The van der Waals surface area contributed by atoms with Crippen molar-refractivity contribution in [1.82, 2.24) is 0 Å². The molecule has 3 heterocycles. The van der Waals surface area contributed by atoms with Crippen LogP contribution in [-0.2, 0) is 19.1 Å². The summed E-state index contributed by atoms with van der Waals surface area (Å²) in [6.07, 6.45) is 1.24. The third-order valence-corrected chi connectivity index (χ3v) is 7.19. The number of hydrogen-bond donors (Lipinski definition) is 1. The Kier molecular flexibility index (Phi) is 1.85. The average molecular weight is 290 g/mol. The van der Waals surface area contributed by atoms with Crippen LogP contribution in [-0.4, -0.2) is 35.4 Å². The van der Waals surface area contributed by atoms with Crippen molar-refractivity contribution >= 4 is 11.9 Å². The Hall–Kier alpha value is -1.36. The average Bonchev–Trinajstić information content (AvgIpc) is 3.10. The van der Waals surface area contributed by atoms with E-state index in [2.05, 4.69) is 0 Å². The molecule has 5 nitrogen and oxygen atoms in total. The van der Waals surface area contributed by atoms with Gasteiger partial charge in [-0.05, 0) is 43.8 Å². The molecule has 5 heteroatoms. The molecule has 0 amide bonds. The minimum absolute atomic E-state index is 0.0134. The van der Waals surface area contributed by atoms with Crippen molar-refractivity contribution in [2.45, 2.75) is 51.4 Å². The summed E-state index contributed by atoms with van der Waals surface area (Å²) in [5.74, 6) is -0.654. The molecule has 4 fully saturated rings. The molecule has 2 aliphatic carbocycles. The van der Waals surface area contributed by atoms with Crippen molar-refractivity contribution in [1.29, 1.82) is 0 Å². The van der Waals surface area contributed by atoms with Gasteiger partial charge in [0, 0.05) is 11.3 Å². The second-order valence-corrected chi connectivity index (χ2v) is 7.46. The van der Waals surface area contributed by atoms with E-state index in [1.165, 1.54) is 0 Å². The molecule has 1 spiro atoms. The monoisotopic (exact) mass is 290 g/mol. The molecular formula is C16H18O5. The van der Waals surface area contributed by atoms with E-state index in [9.17, 15) is 14.7 Å². The van der Waals surface area contributed by atoms with Crippen molar-refractivity contribution in [2.24, 2.45) is 22.7 Å². The first-order valence-electron chi connectivity index (χ1n) is 7.70. The lowest BCUT2D eigenvalue weighted by Crippen LogP contribution is -2.57. The molecule has 7 atom stereocenters. The van der Waals surface area contributed by atoms with Crippen LogP contribution < -0.4 is 0 Å². The predicted molar refractivity (Wildman–Crippen MR) is 70.2 cm³/mol. The van der Waals surface area contributed by atoms with Crippen LogP contribution in [0.3, 0.4) is 0 Å². The van der Waals surface area contributed by atoms with Crippen LogP contribution in [0.4, 0.5) is 0 Å². The number of ether oxygens (including phenoxy) is 2. The van der Waals surface area contributed by atoms with Crippen molar-refractivity contribution < 1.29 is 24.2 Å². The Bertz CT molecular complexity index is 637. The Morgan fingerprint density at radius 3 is 2.71 bits per heavy atom. The fourth-order valence-corrected chi connectivity index (χ4v) is 6.61. The minimum atomic E-state index is -0.834. The first kappa shape index (κ1) is 12.2. The fourth-order valence-electron chi connectivity index (χ4n) is 6.61. The van der Waals surface area contributed by atoms with Crippen LogP contribution in [0.25, 0.3) is 0 Å². The Morgan fingerprint density at radius 1 is 1.29 bits per heavy atom. The first-order valence-corrected chi connectivity index (χ1v) is 7.70. The standard InChI is InChI=1S/C16H18O5/c1-6-7(2)13-16-9-3-8(4-10(9)20-14(16)19)15(16,5-11(17)18)12(6)21-13/h8-10,12-13H,3-5H2,1-2H3,(H,17,18). The summed E-state index contributed by atoms with van der Waals surface area (Å²) in [6.45, 7) is 4.05. The van der Waals surface area contributed by atoms with Gasteiger partial charge in [0.05, 0.1) is 18.6 Å². The van der Waals surface area contributed by atoms with Crippen LogP contribution in [0, 0.1) is 22.7 Å². The van der Waals surface area contributed by atoms with Crippen molar-refractivity contribution in [3.05, 3.63) is 11.1 Å². The normalized spacial score (nSPS) is 55.3. The highest BCUT2D eigenvalue weighted by Crippen LogP contribution is 2.80. The first-order chi connectivity index (χ1) is 9.94. The SMILES string of the molecule is CC1=C(C)C2OC1C1(CC(=O)O)C3CC4OC(=O)C21C4C3. The summed E-state index contributed by atoms with van der Waals surface area (Å²) in [5.41, 5.74) is 0.941. The maximum absolute atomic E-state index is 12.8. The van der Waals surface area contributed by atoms with E-state index in [1.54, 1.807) is 0 Å². The number of carbonyl (C=O) groups excluding carboxylic acids is 1. The van der Waals surface area contributed by atoms with E-state index in [0.29, 0.717) is 0 Å². The van der Waals surface area contributed by atoms with E-state index in [0.717, 1.165) is 24.0 Å². The second kappa shape index (κ2) is 3.19. The number of rotatable bonds is 2. The molecule has 0 radical (unpaired) electrons. The number of carboxylic acids is 1. The van der Waals surface area contributed by atoms with Gasteiger partial charge in [-0.3, -0.25) is 9.59 Å². The molecule has 112 valence electrons. The molecule has 5 rings (SSSR count). The van der Waals surface area contributed by atoms with Crippen LogP contribution in [0.2, 0.25) is 0 Å². The molecular weight excluding hydrogens is 272 g/mol. The van der Waals surface area contributed by atoms with Gasteiger partial charge in [-0.25, -0.2) is 0 Å². The summed E-state index contributed by atoms with van der Waals surface area (Å²) >= 11 is 0. The number of fused-ring (bicyclic) bond motifs is 5. The molecule has 21 heavy (non-hydrogen) atoms. The van der Waals surface area contributed by atoms with Gasteiger partial charge in [0.1, 0.15) is 11.5 Å². The zero-order chi connectivity index (χ0) is 14.7. The topological polar surface area (TPSA) is 72.8 Å². The molecule has 0 aromatic rings. The summed E-state index contributed by atoms with van der Waals surface area (Å²) in [6, 6.07) is 0. The summed E-state index contributed by atoms with van der Waals surface area (Å²) in [7, 11) is 0. The largest absolute Gasteiger partial charge is 0.481 e. The van der Waals surface area contributed by atoms with Gasteiger partial charge >= 0.3 is 11.9 Å². The molecule has 4 bridgehead atoms. The zero-order valence-electron chi connectivity index (χ0n) is 12.1. The lowest BCUT2D eigenvalue weighted by atomic mass is 9.49. The van der Waals surface area contributed by atoms with Crippen molar-refractivity contribution in [2.75, 3.05) is 0 Å². The predicted octanol–water partition coefficient (Wildman–Crippen LogP) is 1.52. The van der Waals surface area contributed by atoms with Crippen LogP contribution in [0.15, 0.2) is 11.1 Å². The zero-order valence-corrected chi connectivity index (χ0v) is 12.1. The molecule has 0 aromatic heterocycles. The van der Waals surface area contributed by atoms with Gasteiger partial charge in [0.15, 0.2) is 0 Å². The quantitative estimate of drug-likeness (QED) is 0.616. The molecule has 7 unspecified atom stereocenters. The maximum atomic E-state index is 12.8.